The number of nitrogens with one attached hydrogen (secondary N) is 2. The average Bonchev–Trinajstić information content (AvgIpc) is 2.50. The molecule has 0 aliphatic rings. The summed E-state index contributed by atoms with van der Waals surface area (Å²) in [5, 5.41) is 11.0. The highest BCUT2D eigenvalue weighted by atomic mass is 15.2. The fraction of sp³-hybridized carbons (Fsp3) is 0.444. The Morgan fingerprint density at radius 1 is 1.36 bits per heavy atom. The Balaban J connectivity index is 2.55. The number of H-pyrrole nitrogens is 1. The van der Waals surface area contributed by atoms with Crippen molar-refractivity contribution in [1.29, 1.82) is 0 Å². The van der Waals surface area contributed by atoms with Gasteiger partial charge in [0, 0.05) is 6.04 Å². The van der Waals surface area contributed by atoms with E-state index in [2.05, 4.69) is 39.3 Å². The van der Waals surface area contributed by atoms with Crippen LogP contribution in [0.1, 0.15) is 19.7 Å². The van der Waals surface area contributed by atoms with Gasteiger partial charge in [-0.1, -0.05) is 0 Å². The minimum absolute atomic E-state index is 0.349. The molecule has 2 rings (SSSR count). The lowest BCUT2D eigenvalue weighted by molar-refractivity contribution is 0.886. The maximum Gasteiger partial charge on any atom is 0.161 e. The van der Waals surface area contributed by atoms with E-state index in [1.54, 1.807) is 6.20 Å². The van der Waals surface area contributed by atoms with Crippen LogP contribution in [-0.2, 0) is 0 Å². The van der Waals surface area contributed by atoms with Crippen LogP contribution in [-0.4, -0.2) is 26.2 Å². The molecule has 0 unspecified atom stereocenters. The van der Waals surface area contributed by atoms with Gasteiger partial charge >= 0.3 is 0 Å². The average molecular weight is 191 g/mol. The fourth-order valence-corrected chi connectivity index (χ4v) is 1.33. The second kappa shape index (κ2) is 3.25. The van der Waals surface area contributed by atoms with E-state index >= 15 is 0 Å². The first-order valence-corrected chi connectivity index (χ1v) is 4.61. The zero-order chi connectivity index (χ0) is 10.1. The molecule has 5 nitrogen and oxygen atoms in total. The molecule has 0 bridgehead atoms. The normalized spacial score (nSPS) is 11.1. The third kappa shape index (κ3) is 1.53. The van der Waals surface area contributed by atoms with Gasteiger partial charge in [0.25, 0.3) is 0 Å². The Hall–Kier alpha value is -1.65. The molecule has 74 valence electrons. The number of rotatable bonds is 2. The van der Waals surface area contributed by atoms with E-state index < -0.39 is 0 Å². The van der Waals surface area contributed by atoms with Crippen molar-refractivity contribution in [3.05, 3.63) is 12.0 Å². The maximum atomic E-state index is 4.33. The van der Waals surface area contributed by atoms with E-state index in [1.807, 2.05) is 6.92 Å². The quantitative estimate of drug-likeness (QED) is 0.754. The summed E-state index contributed by atoms with van der Waals surface area (Å²) in [6.07, 6.45) is 1.74. The van der Waals surface area contributed by atoms with Crippen molar-refractivity contribution < 1.29 is 0 Å². The van der Waals surface area contributed by atoms with Crippen molar-refractivity contribution >= 4 is 16.9 Å². The molecule has 0 aromatic carbocycles. The van der Waals surface area contributed by atoms with E-state index in [-0.39, 0.29) is 0 Å². The molecule has 0 spiro atoms. The SMILES string of the molecule is Cc1nc(NC(C)C)c2cn[nH]c2n1. The Labute approximate surface area is 82.0 Å². The smallest absolute Gasteiger partial charge is 0.161 e. The van der Waals surface area contributed by atoms with Gasteiger partial charge < -0.3 is 5.32 Å². The van der Waals surface area contributed by atoms with Crippen LogP contribution in [0.5, 0.6) is 0 Å². The Kier molecular flexibility index (Phi) is 2.07. The lowest BCUT2D eigenvalue weighted by Gasteiger charge is -2.09. The molecule has 0 saturated heterocycles. The molecule has 0 aliphatic carbocycles. The van der Waals surface area contributed by atoms with Gasteiger partial charge in [0.15, 0.2) is 5.65 Å². The number of fused-ring (bicyclic) bond motifs is 1. The summed E-state index contributed by atoms with van der Waals surface area (Å²) in [7, 11) is 0. The second-order valence-electron chi connectivity index (χ2n) is 3.55. The van der Waals surface area contributed by atoms with Crippen LogP contribution < -0.4 is 5.32 Å². The molecule has 14 heavy (non-hydrogen) atoms. The molecular weight excluding hydrogens is 178 g/mol. The molecule has 2 aromatic heterocycles. The number of aromatic amines is 1. The second-order valence-corrected chi connectivity index (χ2v) is 3.55. The van der Waals surface area contributed by atoms with Crippen molar-refractivity contribution in [3.63, 3.8) is 0 Å². The van der Waals surface area contributed by atoms with Crippen LogP contribution in [0, 0.1) is 6.92 Å². The summed E-state index contributed by atoms with van der Waals surface area (Å²) in [6.45, 7) is 6.01. The summed E-state index contributed by atoms with van der Waals surface area (Å²) in [4.78, 5) is 8.57. The van der Waals surface area contributed by atoms with E-state index in [9.17, 15) is 0 Å². The van der Waals surface area contributed by atoms with Gasteiger partial charge in [-0.25, -0.2) is 9.97 Å². The van der Waals surface area contributed by atoms with Gasteiger partial charge in [-0.2, -0.15) is 5.10 Å². The predicted octanol–water partition coefficient (Wildman–Crippen LogP) is 1.48. The Morgan fingerprint density at radius 3 is 2.86 bits per heavy atom. The number of nitrogens with zero attached hydrogens (tertiary/aromatic N) is 3. The summed E-state index contributed by atoms with van der Waals surface area (Å²) in [5.74, 6) is 1.58. The van der Waals surface area contributed by atoms with Crippen LogP contribution in [0.2, 0.25) is 0 Å². The maximum absolute atomic E-state index is 4.33. The third-order valence-electron chi connectivity index (χ3n) is 1.85. The minimum atomic E-state index is 0.349. The third-order valence-corrected chi connectivity index (χ3v) is 1.85. The van der Waals surface area contributed by atoms with Crippen molar-refractivity contribution in [2.45, 2.75) is 26.8 Å². The molecule has 0 amide bonds. The first-order chi connectivity index (χ1) is 6.66. The van der Waals surface area contributed by atoms with Crippen LogP contribution in [0.15, 0.2) is 6.20 Å². The van der Waals surface area contributed by atoms with Crippen LogP contribution in [0.4, 0.5) is 5.82 Å². The van der Waals surface area contributed by atoms with Gasteiger partial charge in [-0.3, -0.25) is 5.10 Å². The topological polar surface area (TPSA) is 66.5 Å². The standard InChI is InChI=1S/C9H13N5/c1-5(2)11-8-7-4-10-14-9(7)13-6(3)12-8/h4-5H,1-3H3,(H2,10,11,12,13,14). The van der Waals surface area contributed by atoms with E-state index in [4.69, 9.17) is 0 Å². The molecule has 0 fully saturated rings. The Morgan fingerprint density at radius 2 is 2.14 bits per heavy atom. The van der Waals surface area contributed by atoms with Crippen molar-refractivity contribution in [3.8, 4) is 0 Å². The zero-order valence-electron chi connectivity index (χ0n) is 8.50. The van der Waals surface area contributed by atoms with Crippen LogP contribution >= 0.6 is 0 Å². The first kappa shape index (κ1) is 8.93. The molecule has 2 N–H and O–H groups in total. The van der Waals surface area contributed by atoms with Gasteiger partial charge in [-0.15, -0.1) is 0 Å². The number of anilines is 1. The lowest BCUT2D eigenvalue weighted by Crippen LogP contribution is -2.12. The number of hydrogen-bond donors (Lipinski definition) is 2. The van der Waals surface area contributed by atoms with Crippen molar-refractivity contribution in [2.24, 2.45) is 0 Å². The molecule has 0 radical (unpaired) electrons. The molecule has 0 saturated carbocycles. The number of aryl methyl sites for hydroxylation is 1. The van der Waals surface area contributed by atoms with Crippen LogP contribution in [0.3, 0.4) is 0 Å². The summed E-state index contributed by atoms with van der Waals surface area (Å²) in [5.41, 5.74) is 0.778. The molecular formula is C9H13N5. The molecule has 2 heterocycles. The number of hydrogen-bond acceptors (Lipinski definition) is 4. The molecule has 5 heteroatoms. The lowest BCUT2D eigenvalue weighted by atomic mass is 10.3. The van der Waals surface area contributed by atoms with Gasteiger partial charge in [0.2, 0.25) is 0 Å². The molecule has 0 atom stereocenters. The molecule has 0 aliphatic heterocycles. The van der Waals surface area contributed by atoms with Crippen molar-refractivity contribution in [1.82, 2.24) is 20.2 Å². The van der Waals surface area contributed by atoms with Crippen LogP contribution in [0.25, 0.3) is 11.0 Å². The summed E-state index contributed by atoms with van der Waals surface area (Å²) in [6, 6.07) is 0.349. The van der Waals surface area contributed by atoms with E-state index in [0.717, 1.165) is 22.7 Å². The molecule has 2 aromatic rings. The fourth-order valence-electron chi connectivity index (χ4n) is 1.33. The highest BCUT2D eigenvalue weighted by Gasteiger charge is 2.07. The van der Waals surface area contributed by atoms with Gasteiger partial charge in [0.05, 0.1) is 11.6 Å². The highest BCUT2D eigenvalue weighted by molar-refractivity contribution is 5.85. The summed E-state index contributed by atoms with van der Waals surface area (Å²) < 4.78 is 0. The van der Waals surface area contributed by atoms with Gasteiger partial charge in [0.1, 0.15) is 11.6 Å². The minimum Gasteiger partial charge on any atom is -0.367 e. The predicted molar refractivity (Wildman–Crippen MR) is 55.2 cm³/mol. The van der Waals surface area contributed by atoms with E-state index in [1.165, 1.54) is 0 Å². The Bertz CT molecular complexity index is 445. The summed E-state index contributed by atoms with van der Waals surface area (Å²) >= 11 is 0. The highest BCUT2D eigenvalue weighted by Crippen LogP contribution is 2.18. The monoisotopic (exact) mass is 191 g/mol. The largest absolute Gasteiger partial charge is 0.367 e. The number of aromatic nitrogens is 4. The van der Waals surface area contributed by atoms with Crippen molar-refractivity contribution in [2.75, 3.05) is 5.32 Å². The zero-order valence-corrected chi connectivity index (χ0v) is 8.50. The first-order valence-electron chi connectivity index (χ1n) is 4.61. The van der Waals surface area contributed by atoms with E-state index in [0.29, 0.717) is 6.04 Å². The van der Waals surface area contributed by atoms with Gasteiger partial charge in [-0.05, 0) is 20.8 Å².